The van der Waals surface area contributed by atoms with Crippen molar-refractivity contribution in [2.75, 3.05) is 6.61 Å². The molecule has 0 bridgehead atoms. The number of rotatable bonds is 3. The fourth-order valence-corrected chi connectivity index (χ4v) is 1.56. The van der Waals surface area contributed by atoms with Crippen LogP contribution in [0.3, 0.4) is 0 Å². The maximum absolute atomic E-state index is 11.2. The van der Waals surface area contributed by atoms with Crippen LogP contribution in [0.15, 0.2) is 42.7 Å². The molecule has 0 spiro atoms. The van der Waals surface area contributed by atoms with Gasteiger partial charge in [-0.1, -0.05) is 12.1 Å². The van der Waals surface area contributed by atoms with Crippen LogP contribution >= 0.6 is 0 Å². The molecule has 0 atom stereocenters. The van der Waals surface area contributed by atoms with E-state index in [9.17, 15) is 4.79 Å². The van der Waals surface area contributed by atoms with Crippen LogP contribution < -0.4 is 0 Å². The van der Waals surface area contributed by atoms with Gasteiger partial charge in [0.25, 0.3) is 0 Å². The monoisotopic (exact) mass is 227 g/mol. The SMILES string of the molecule is CCOC(=O)C=Cc1ccc2cnccc2c1. The van der Waals surface area contributed by atoms with Crippen molar-refractivity contribution < 1.29 is 9.53 Å². The number of hydrogen-bond donors (Lipinski definition) is 0. The number of nitrogens with zero attached hydrogens (tertiary/aromatic N) is 1. The third-order valence-electron chi connectivity index (χ3n) is 2.36. The molecule has 2 rings (SSSR count). The average molecular weight is 227 g/mol. The van der Waals surface area contributed by atoms with Crippen LogP contribution in [-0.4, -0.2) is 17.6 Å². The van der Waals surface area contributed by atoms with Crippen LogP contribution in [0, 0.1) is 0 Å². The predicted molar refractivity (Wildman–Crippen MR) is 67.4 cm³/mol. The smallest absolute Gasteiger partial charge is 0.330 e. The molecular formula is C14H13NO2. The molecule has 3 heteroatoms. The van der Waals surface area contributed by atoms with Crippen molar-refractivity contribution in [2.24, 2.45) is 0 Å². The van der Waals surface area contributed by atoms with Gasteiger partial charge in [-0.15, -0.1) is 0 Å². The van der Waals surface area contributed by atoms with E-state index in [1.807, 2.05) is 30.5 Å². The summed E-state index contributed by atoms with van der Waals surface area (Å²) >= 11 is 0. The van der Waals surface area contributed by atoms with Gasteiger partial charge in [0.15, 0.2) is 0 Å². The Labute approximate surface area is 99.7 Å². The maximum atomic E-state index is 11.2. The molecule has 0 unspecified atom stereocenters. The molecule has 0 aliphatic heterocycles. The van der Waals surface area contributed by atoms with Crippen molar-refractivity contribution in [3.05, 3.63) is 48.3 Å². The lowest BCUT2D eigenvalue weighted by Gasteiger charge is -1.99. The predicted octanol–water partition coefficient (Wildman–Crippen LogP) is 2.81. The summed E-state index contributed by atoms with van der Waals surface area (Å²) in [4.78, 5) is 15.2. The van der Waals surface area contributed by atoms with Crippen LogP contribution in [0.1, 0.15) is 12.5 Å². The molecule has 0 amide bonds. The molecule has 17 heavy (non-hydrogen) atoms. The topological polar surface area (TPSA) is 39.2 Å². The highest BCUT2D eigenvalue weighted by molar-refractivity contribution is 5.89. The first-order chi connectivity index (χ1) is 8.29. The van der Waals surface area contributed by atoms with Gasteiger partial charge in [0, 0.05) is 23.9 Å². The average Bonchev–Trinajstić information content (AvgIpc) is 2.36. The molecule has 3 nitrogen and oxygen atoms in total. The van der Waals surface area contributed by atoms with Crippen molar-refractivity contribution in [3.8, 4) is 0 Å². The molecule has 0 saturated carbocycles. The van der Waals surface area contributed by atoms with Gasteiger partial charge in [0.05, 0.1) is 6.61 Å². The van der Waals surface area contributed by atoms with Crippen molar-refractivity contribution in [2.45, 2.75) is 6.92 Å². The lowest BCUT2D eigenvalue weighted by atomic mass is 10.1. The van der Waals surface area contributed by atoms with Gasteiger partial charge in [-0.2, -0.15) is 0 Å². The fourth-order valence-electron chi connectivity index (χ4n) is 1.56. The summed E-state index contributed by atoms with van der Waals surface area (Å²) in [5.41, 5.74) is 0.969. The lowest BCUT2D eigenvalue weighted by molar-refractivity contribution is -0.137. The third-order valence-corrected chi connectivity index (χ3v) is 2.36. The highest BCUT2D eigenvalue weighted by Gasteiger charge is 1.96. The van der Waals surface area contributed by atoms with Gasteiger partial charge in [-0.25, -0.2) is 4.79 Å². The van der Waals surface area contributed by atoms with Crippen LogP contribution in [0.4, 0.5) is 0 Å². The molecule has 0 aliphatic carbocycles. The molecule has 1 aromatic carbocycles. The maximum Gasteiger partial charge on any atom is 0.330 e. The highest BCUT2D eigenvalue weighted by atomic mass is 16.5. The van der Waals surface area contributed by atoms with E-state index in [1.54, 1.807) is 19.2 Å². The van der Waals surface area contributed by atoms with E-state index < -0.39 is 0 Å². The van der Waals surface area contributed by atoms with E-state index in [0.717, 1.165) is 16.3 Å². The Balaban J connectivity index is 2.22. The Hall–Kier alpha value is -2.16. The van der Waals surface area contributed by atoms with Crippen LogP contribution in [0.5, 0.6) is 0 Å². The first-order valence-electron chi connectivity index (χ1n) is 5.48. The molecule has 86 valence electrons. The number of esters is 1. The molecule has 0 fully saturated rings. The quantitative estimate of drug-likeness (QED) is 0.598. The van der Waals surface area contributed by atoms with Gasteiger partial charge in [-0.05, 0) is 36.1 Å². The summed E-state index contributed by atoms with van der Waals surface area (Å²) in [6, 6.07) is 7.87. The van der Waals surface area contributed by atoms with E-state index in [0.29, 0.717) is 6.61 Å². The van der Waals surface area contributed by atoms with Crippen molar-refractivity contribution in [3.63, 3.8) is 0 Å². The standard InChI is InChI=1S/C14H13NO2/c1-2-17-14(16)6-4-11-3-5-13-10-15-8-7-12(13)9-11/h3-10H,2H2,1H3. The molecule has 2 aromatic rings. The van der Waals surface area contributed by atoms with E-state index in [-0.39, 0.29) is 5.97 Å². The van der Waals surface area contributed by atoms with Crippen LogP contribution in [0.2, 0.25) is 0 Å². The second-order valence-corrected chi connectivity index (χ2v) is 3.57. The van der Waals surface area contributed by atoms with Gasteiger partial charge in [-0.3, -0.25) is 4.98 Å². The number of benzene rings is 1. The summed E-state index contributed by atoms with van der Waals surface area (Å²) < 4.78 is 4.82. The number of aromatic nitrogens is 1. The molecule has 0 N–H and O–H groups in total. The zero-order valence-electron chi connectivity index (χ0n) is 9.59. The number of carbonyl (C=O) groups is 1. The van der Waals surface area contributed by atoms with Gasteiger partial charge < -0.3 is 4.74 Å². The largest absolute Gasteiger partial charge is 0.463 e. The van der Waals surface area contributed by atoms with E-state index in [4.69, 9.17) is 4.74 Å². The Kier molecular flexibility index (Phi) is 3.50. The van der Waals surface area contributed by atoms with Gasteiger partial charge >= 0.3 is 5.97 Å². The third kappa shape index (κ3) is 2.91. The van der Waals surface area contributed by atoms with Crippen molar-refractivity contribution in [1.82, 2.24) is 4.98 Å². The normalized spacial score (nSPS) is 10.9. The number of fused-ring (bicyclic) bond motifs is 1. The Bertz CT molecular complexity index is 561. The number of carbonyl (C=O) groups excluding carboxylic acids is 1. The van der Waals surface area contributed by atoms with Crippen molar-refractivity contribution >= 4 is 22.8 Å². The highest BCUT2D eigenvalue weighted by Crippen LogP contribution is 2.15. The summed E-state index contributed by atoms with van der Waals surface area (Å²) in [6.07, 6.45) is 6.75. The molecule has 0 saturated heterocycles. The molecule has 1 heterocycles. The second kappa shape index (κ2) is 5.25. The first kappa shape index (κ1) is 11.3. The number of hydrogen-bond acceptors (Lipinski definition) is 3. The molecule has 0 aliphatic rings. The Morgan fingerprint density at radius 3 is 3.06 bits per heavy atom. The first-order valence-corrected chi connectivity index (χ1v) is 5.48. The molecule has 0 radical (unpaired) electrons. The summed E-state index contributed by atoms with van der Waals surface area (Å²) in [7, 11) is 0. The summed E-state index contributed by atoms with van der Waals surface area (Å²) in [5.74, 6) is -0.317. The number of ether oxygens (including phenoxy) is 1. The summed E-state index contributed by atoms with van der Waals surface area (Å²) in [5, 5.41) is 2.19. The minimum Gasteiger partial charge on any atom is -0.463 e. The zero-order chi connectivity index (χ0) is 12.1. The van der Waals surface area contributed by atoms with Gasteiger partial charge in [0.1, 0.15) is 0 Å². The van der Waals surface area contributed by atoms with Crippen LogP contribution in [0.25, 0.3) is 16.8 Å². The summed E-state index contributed by atoms with van der Waals surface area (Å²) in [6.45, 7) is 2.18. The van der Waals surface area contributed by atoms with Crippen LogP contribution in [-0.2, 0) is 9.53 Å². The minimum atomic E-state index is -0.317. The Morgan fingerprint density at radius 2 is 2.24 bits per heavy atom. The zero-order valence-corrected chi connectivity index (χ0v) is 9.59. The fraction of sp³-hybridized carbons (Fsp3) is 0.143. The molecule has 1 aromatic heterocycles. The van der Waals surface area contributed by atoms with Crippen molar-refractivity contribution in [1.29, 1.82) is 0 Å². The minimum absolute atomic E-state index is 0.317. The van der Waals surface area contributed by atoms with E-state index >= 15 is 0 Å². The lowest BCUT2D eigenvalue weighted by Crippen LogP contribution is -1.98. The van der Waals surface area contributed by atoms with E-state index in [2.05, 4.69) is 4.98 Å². The number of pyridine rings is 1. The van der Waals surface area contributed by atoms with E-state index in [1.165, 1.54) is 6.08 Å². The Morgan fingerprint density at radius 1 is 1.35 bits per heavy atom. The second-order valence-electron chi connectivity index (χ2n) is 3.57. The van der Waals surface area contributed by atoms with Gasteiger partial charge in [0.2, 0.25) is 0 Å². The molecular weight excluding hydrogens is 214 g/mol.